The number of aromatic nitrogens is 2. The van der Waals surface area contributed by atoms with Gasteiger partial charge in [0.25, 0.3) is 0 Å². The van der Waals surface area contributed by atoms with Crippen LogP contribution in [0.2, 0.25) is 0 Å². The third kappa shape index (κ3) is 4.01. The lowest BCUT2D eigenvalue weighted by molar-refractivity contribution is 0.552. The molecule has 0 aliphatic carbocycles. The van der Waals surface area contributed by atoms with Gasteiger partial charge in [0.1, 0.15) is 22.3 Å². The molecule has 1 atom stereocenters. The summed E-state index contributed by atoms with van der Waals surface area (Å²) in [6, 6.07) is 2.20. The van der Waals surface area contributed by atoms with E-state index in [-0.39, 0.29) is 11.0 Å². The summed E-state index contributed by atoms with van der Waals surface area (Å²) in [6.07, 6.45) is 3.88. The first-order valence-electron chi connectivity index (χ1n) is 6.51. The highest BCUT2D eigenvalue weighted by atomic mass is 32.2. The van der Waals surface area contributed by atoms with Gasteiger partial charge >= 0.3 is 0 Å². The van der Waals surface area contributed by atoms with E-state index in [1.54, 1.807) is 7.05 Å². The number of hydrogen-bond acceptors (Lipinski definition) is 6. The summed E-state index contributed by atoms with van der Waals surface area (Å²) >= 11 is 0. The first-order valence-corrected chi connectivity index (χ1v) is 9.61. The molecule has 1 aromatic heterocycles. The first kappa shape index (κ1) is 18.1. The van der Waals surface area contributed by atoms with Crippen molar-refractivity contribution in [3.63, 3.8) is 0 Å². The molecule has 0 aliphatic rings. The fourth-order valence-corrected chi connectivity index (χ4v) is 3.26. The predicted molar refractivity (Wildman–Crippen MR) is 86.5 cm³/mol. The Morgan fingerprint density at radius 3 is 2.58 bits per heavy atom. The number of anilines is 1. The van der Waals surface area contributed by atoms with Crippen LogP contribution in [0.4, 0.5) is 14.6 Å². The number of nitrogens with one attached hydrogen (secondary N) is 1. The van der Waals surface area contributed by atoms with Gasteiger partial charge in [0.2, 0.25) is 15.0 Å². The quantitative estimate of drug-likeness (QED) is 0.637. The molecule has 24 heavy (non-hydrogen) atoms. The van der Waals surface area contributed by atoms with Crippen molar-refractivity contribution in [2.24, 2.45) is 0 Å². The van der Waals surface area contributed by atoms with Crippen molar-refractivity contribution < 1.29 is 21.4 Å². The normalized spacial score (nSPS) is 13.2. The van der Waals surface area contributed by atoms with E-state index >= 15 is 0 Å². The summed E-state index contributed by atoms with van der Waals surface area (Å²) in [5.74, 6) is -1.79. The maximum atomic E-state index is 13.6. The van der Waals surface area contributed by atoms with Gasteiger partial charge < -0.3 is 5.32 Å². The van der Waals surface area contributed by atoms with E-state index in [2.05, 4.69) is 15.3 Å². The van der Waals surface area contributed by atoms with Gasteiger partial charge in [0, 0.05) is 36.5 Å². The molecule has 128 valence electrons. The minimum Gasteiger partial charge on any atom is -0.373 e. The summed E-state index contributed by atoms with van der Waals surface area (Å²) in [6.45, 7) is 0. The Morgan fingerprint density at radius 2 is 2.00 bits per heavy atom. The Hall–Kier alpha value is -2.20. The molecule has 0 fully saturated rings. The van der Waals surface area contributed by atoms with Crippen molar-refractivity contribution in [1.29, 1.82) is 0 Å². The molecule has 0 amide bonds. The van der Waals surface area contributed by atoms with E-state index < -0.39 is 37.2 Å². The lowest BCUT2D eigenvalue weighted by atomic mass is 10.3. The SMILES string of the molecule is CNc1nc(S(C)=O)ncc1/C=C/S(=O)(=O)c1ccc(F)cc1F. The number of hydrogen-bond donors (Lipinski definition) is 1. The Balaban J connectivity index is 2.41. The van der Waals surface area contributed by atoms with E-state index in [0.717, 1.165) is 17.5 Å². The highest BCUT2D eigenvalue weighted by molar-refractivity contribution is 7.94. The molecule has 1 heterocycles. The fraction of sp³-hybridized carbons (Fsp3) is 0.143. The zero-order valence-corrected chi connectivity index (χ0v) is 14.3. The van der Waals surface area contributed by atoms with Crippen LogP contribution in [0.5, 0.6) is 0 Å². The van der Waals surface area contributed by atoms with Crippen LogP contribution in [0.15, 0.2) is 39.9 Å². The van der Waals surface area contributed by atoms with Gasteiger partial charge in [-0.2, -0.15) is 0 Å². The number of benzene rings is 1. The van der Waals surface area contributed by atoms with Crippen molar-refractivity contribution >= 4 is 32.5 Å². The van der Waals surface area contributed by atoms with Crippen LogP contribution in [0, 0.1) is 11.6 Å². The molecule has 2 aromatic rings. The highest BCUT2D eigenvalue weighted by Crippen LogP contribution is 2.20. The lowest BCUT2D eigenvalue weighted by Crippen LogP contribution is -2.04. The van der Waals surface area contributed by atoms with Gasteiger partial charge in [0.05, 0.1) is 10.8 Å². The van der Waals surface area contributed by atoms with Crippen LogP contribution in [0.25, 0.3) is 6.08 Å². The molecular formula is C14H13F2N3O3S2. The summed E-state index contributed by atoms with van der Waals surface area (Å²) < 4.78 is 62.2. The Kier molecular flexibility index (Phi) is 5.40. The lowest BCUT2D eigenvalue weighted by Gasteiger charge is -2.05. The van der Waals surface area contributed by atoms with E-state index in [0.29, 0.717) is 11.6 Å². The molecule has 1 aromatic carbocycles. The zero-order valence-electron chi connectivity index (χ0n) is 12.7. The third-order valence-corrected chi connectivity index (χ3v) is 5.07. The molecule has 0 saturated carbocycles. The highest BCUT2D eigenvalue weighted by Gasteiger charge is 2.17. The van der Waals surface area contributed by atoms with E-state index in [1.807, 2.05) is 0 Å². The summed E-state index contributed by atoms with van der Waals surface area (Å²) in [4.78, 5) is 7.23. The molecule has 1 unspecified atom stereocenters. The Labute approximate surface area is 140 Å². The minimum absolute atomic E-state index is 0.0870. The molecule has 6 nitrogen and oxygen atoms in total. The van der Waals surface area contributed by atoms with E-state index in [1.165, 1.54) is 18.5 Å². The number of sulfone groups is 1. The van der Waals surface area contributed by atoms with Crippen LogP contribution < -0.4 is 5.32 Å². The fourth-order valence-electron chi connectivity index (χ4n) is 1.78. The maximum absolute atomic E-state index is 13.6. The van der Waals surface area contributed by atoms with Crippen molar-refractivity contribution in [3.05, 3.63) is 47.0 Å². The topological polar surface area (TPSA) is 89.0 Å². The largest absolute Gasteiger partial charge is 0.373 e. The van der Waals surface area contributed by atoms with Crippen molar-refractivity contribution in [3.8, 4) is 0 Å². The first-order chi connectivity index (χ1) is 11.2. The van der Waals surface area contributed by atoms with Crippen LogP contribution in [0.1, 0.15) is 5.56 Å². The van der Waals surface area contributed by atoms with Gasteiger partial charge in [-0.25, -0.2) is 27.2 Å². The molecular weight excluding hydrogens is 360 g/mol. The third-order valence-electron chi connectivity index (χ3n) is 2.92. The Bertz CT molecular complexity index is 931. The average molecular weight is 373 g/mol. The second-order valence-corrected chi connectivity index (χ2v) is 7.66. The Morgan fingerprint density at radius 1 is 1.29 bits per heavy atom. The number of nitrogens with zero attached hydrogens (tertiary/aromatic N) is 2. The smallest absolute Gasteiger partial charge is 0.220 e. The van der Waals surface area contributed by atoms with Crippen molar-refractivity contribution in [2.45, 2.75) is 10.1 Å². The summed E-state index contributed by atoms with van der Waals surface area (Å²) in [7, 11) is -3.97. The molecule has 0 radical (unpaired) electrons. The molecule has 0 aliphatic heterocycles. The predicted octanol–water partition coefficient (Wildman–Crippen LogP) is 1.98. The number of rotatable bonds is 5. The molecule has 0 spiro atoms. The second kappa shape index (κ2) is 7.14. The standard InChI is InChI=1S/C14H13F2N3O3S2/c1-17-13-9(8-18-14(19-13)23(2)20)5-6-24(21,22)12-4-3-10(15)7-11(12)16/h3-8H,1-2H3,(H,17,18,19)/b6-5+. The molecule has 10 heteroatoms. The molecule has 0 saturated heterocycles. The zero-order chi connectivity index (χ0) is 17.9. The second-order valence-electron chi connectivity index (χ2n) is 4.58. The monoisotopic (exact) mass is 373 g/mol. The van der Waals surface area contributed by atoms with Crippen molar-refractivity contribution in [2.75, 3.05) is 18.6 Å². The van der Waals surface area contributed by atoms with Gasteiger partial charge in [-0.1, -0.05) is 0 Å². The van der Waals surface area contributed by atoms with Gasteiger partial charge in [0.15, 0.2) is 0 Å². The van der Waals surface area contributed by atoms with Crippen LogP contribution in [0.3, 0.4) is 0 Å². The summed E-state index contributed by atoms with van der Waals surface area (Å²) in [5, 5.41) is 3.59. The van der Waals surface area contributed by atoms with Gasteiger partial charge in [-0.05, 0) is 18.2 Å². The number of halogens is 2. The van der Waals surface area contributed by atoms with Crippen LogP contribution in [-0.2, 0) is 20.6 Å². The minimum atomic E-state index is -4.12. The van der Waals surface area contributed by atoms with Gasteiger partial charge in [-0.3, -0.25) is 4.21 Å². The van der Waals surface area contributed by atoms with Crippen LogP contribution in [-0.4, -0.2) is 35.9 Å². The van der Waals surface area contributed by atoms with Gasteiger partial charge in [-0.15, -0.1) is 0 Å². The maximum Gasteiger partial charge on any atom is 0.220 e. The molecule has 0 bridgehead atoms. The average Bonchev–Trinajstić information content (AvgIpc) is 2.52. The molecule has 2 rings (SSSR count). The molecule has 1 N–H and O–H groups in total. The summed E-state index contributed by atoms with van der Waals surface area (Å²) in [5.41, 5.74) is 0.304. The van der Waals surface area contributed by atoms with Crippen LogP contribution >= 0.6 is 0 Å². The van der Waals surface area contributed by atoms with E-state index in [4.69, 9.17) is 0 Å². The van der Waals surface area contributed by atoms with E-state index in [9.17, 15) is 21.4 Å². The van der Waals surface area contributed by atoms with Crippen molar-refractivity contribution in [1.82, 2.24) is 9.97 Å².